The third-order valence-corrected chi connectivity index (χ3v) is 21.9. The summed E-state index contributed by atoms with van der Waals surface area (Å²) >= 11 is 0. The van der Waals surface area contributed by atoms with Crippen molar-refractivity contribution in [1.29, 1.82) is 0 Å². The maximum Gasteiger partial charge on any atom is 0.306 e. The molecule has 0 heterocycles. The quantitative estimate of drug-likeness (QED) is 0.0355. The fourth-order valence-electron chi connectivity index (χ4n) is 14.7. The summed E-state index contributed by atoms with van der Waals surface area (Å²) < 4.78 is 23.3. The Bertz CT molecular complexity index is 2200. The zero-order chi connectivity index (χ0) is 81.6. The molecule has 0 fully saturated rings. The second-order valence-corrected chi connectivity index (χ2v) is 32.9. The first-order valence-corrected chi connectivity index (χ1v) is 46.4. The Kier molecular flexibility index (Phi) is 68.6. The topological polar surface area (TPSA) is 197 Å². The molecule has 18 nitrogen and oxygen atoms in total. The van der Waals surface area contributed by atoms with Crippen LogP contribution in [0.2, 0.25) is 0 Å². The molecule has 1 aromatic carbocycles. The minimum absolute atomic E-state index is 0.0362. The summed E-state index contributed by atoms with van der Waals surface area (Å²) in [4.78, 5) is 105. The third-order valence-electron chi connectivity index (χ3n) is 21.9. The van der Waals surface area contributed by atoms with Crippen LogP contribution in [0.5, 0.6) is 0 Å². The van der Waals surface area contributed by atoms with Crippen molar-refractivity contribution in [2.75, 3.05) is 107 Å². The van der Waals surface area contributed by atoms with Crippen molar-refractivity contribution >= 4 is 41.6 Å². The molecule has 0 aliphatic rings. The lowest BCUT2D eigenvalue weighted by Crippen LogP contribution is -2.36. The Balaban J connectivity index is 3.25. The summed E-state index contributed by atoms with van der Waals surface area (Å²) in [7, 11) is 8.14. The van der Waals surface area contributed by atoms with Crippen LogP contribution in [-0.4, -0.2) is 197 Å². The molecule has 0 aromatic heterocycles. The van der Waals surface area contributed by atoms with Crippen molar-refractivity contribution < 1.29 is 52.5 Å². The monoisotopic (exact) mass is 1560 g/mol. The second kappa shape index (κ2) is 73.0. The van der Waals surface area contributed by atoms with Crippen molar-refractivity contribution in [1.82, 2.24) is 35.1 Å². The number of unbranched alkanes of at least 4 members (excludes halogenated alkanes) is 28. The maximum atomic E-state index is 14.8. The molecule has 0 aliphatic heterocycles. The van der Waals surface area contributed by atoms with Gasteiger partial charge in [-0.1, -0.05) is 209 Å². The summed E-state index contributed by atoms with van der Waals surface area (Å²) in [5.74, 6) is -1.03. The summed E-state index contributed by atoms with van der Waals surface area (Å²) in [5, 5.41) is 6.39. The molecule has 0 spiro atoms. The molecular formula is C93H173N7O11. The van der Waals surface area contributed by atoms with E-state index in [4.69, 9.17) is 18.9 Å². The van der Waals surface area contributed by atoms with E-state index in [2.05, 4.69) is 85.6 Å². The van der Waals surface area contributed by atoms with Crippen LogP contribution < -0.4 is 10.6 Å². The first-order chi connectivity index (χ1) is 53.9. The normalized spacial score (nSPS) is 12.7. The van der Waals surface area contributed by atoms with Gasteiger partial charge in [-0.2, -0.15) is 0 Å². The summed E-state index contributed by atoms with van der Waals surface area (Å²) in [6, 6.07) is 5.01. The van der Waals surface area contributed by atoms with Gasteiger partial charge < -0.3 is 54.1 Å². The molecule has 0 saturated heterocycles. The minimum atomic E-state index is -0.305. The van der Waals surface area contributed by atoms with Crippen LogP contribution in [0.1, 0.15) is 420 Å². The standard InChI is InChI=1S/C93H173N7O11/c1-13-21-41-57-83(17-5)108-87(101)61-45-33-25-29-37-49-69-98(70-50-38-30-26-34-46-62-88(102)109-84(18-6)58-42-22-14-2)73-53-65-94-91(105)80-77-81(79-82(78-80)93(107)100(75-55-67-96(9)10)76-56-68-97(11)12)92(106)95-66-54-74-99(71-51-39-31-27-35-47-63-89(103)110-85(19-7)59-43-23-15-3)72-52-40-32-28-36-48-64-90(104)111-86(20-8)60-44-24-16-4/h77-79,83-86H,13-76H2,1-12H3,(H,94,105)(H,95,106). The largest absolute Gasteiger partial charge is 0.462 e. The number of hydrogen-bond acceptors (Lipinski definition) is 15. The number of rotatable bonds is 79. The minimum Gasteiger partial charge on any atom is -0.462 e. The van der Waals surface area contributed by atoms with E-state index in [0.717, 1.165) is 335 Å². The molecule has 2 N–H and O–H groups in total. The van der Waals surface area contributed by atoms with Gasteiger partial charge in [-0.15, -0.1) is 0 Å². The first-order valence-electron chi connectivity index (χ1n) is 46.4. The average molecular weight is 1570 g/mol. The number of nitrogens with zero attached hydrogens (tertiary/aromatic N) is 5. The Morgan fingerprint density at radius 2 is 0.523 bits per heavy atom. The number of hydrogen-bond donors (Lipinski definition) is 2. The van der Waals surface area contributed by atoms with Crippen LogP contribution in [-0.2, 0) is 38.1 Å². The highest BCUT2D eigenvalue weighted by molar-refractivity contribution is 6.04. The molecule has 0 radical (unpaired) electrons. The summed E-state index contributed by atoms with van der Waals surface area (Å²) in [6.45, 7) is 26.4. The van der Waals surface area contributed by atoms with Gasteiger partial charge in [-0.3, -0.25) is 33.6 Å². The number of nitrogens with one attached hydrogen (secondary N) is 2. The molecule has 4 atom stereocenters. The second-order valence-electron chi connectivity index (χ2n) is 32.9. The first kappa shape index (κ1) is 104. The fourth-order valence-corrected chi connectivity index (χ4v) is 14.7. The Morgan fingerprint density at radius 3 is 0.775 bits per heavy atom. The SMILES string of the molecule is CCCCCC(CC)OC(=O)CCCCCCCCN(CCCCCCCCC(=O)OC(CC)CCCCC)CCCNC(=O)c1cc(C(=O)NCCCN(CCCCCCCCC(=O)OC(CC)CCCCC)CCCCCCCCC(=O)OC(CC)CCCCC)cc(C(=O)N(CCCN(C)C)CCCN(C)C)c1. The van der Waals surface area contributed by atoms with Gasteiger partial charge in [0.25, 0.3) is 17.7 Å². The highest BCUT2D eigenvalue weighted by Crippen LogP contribution is 2.21. The van der Waals surface area contributed by atoms with E-state index in [-0.39, 0.29) is 66.0 Å². The van der Waals surface area contributed by atoms with E-state index in [0.29, 0.717) is 68.6 Å². The van der Waals surface area contributed by atoms with Gasteiger partial charge in [0.1, 0.15) is 24.4 Å². The zero-order valence-corrected chi connectivity index (χ0v) is 74.0. The van der Waals surface area contributed by atoms with Crippen molar-refractivity contribution in [3.63, 3.8) is 0 Å². The van der Waals surface area contributed by atoms with Crippen LogP contribution in [0, 0.1) is 0 Å². The molecule has 0 bridgehead atoms. The number of esters is 4. The Morgan fingerprint density at radius 1 is 0.279 bits per heavy atom. The van der Waals surface area contributed by atoms with Gasteiger partial charge in [0.05, 0.1) is 0 Å². The Labute approximate surface area is 681 Å². The van der Waals surface area contributed by atoms with E-state index in [9.17, 15) is 33.6 Å². The van der Waals surface area contributed by atoms with Gasteiger partial charge in [0, 0.05) is 68.6 Å². The molecule has 18 heteroatoms. The molecule has 646 valence electrons. The highest BCUT2D eigenvalue weighted by Gasteiger charge is 2.23. The lowest BCUT2D eigenvalue weighted by atomic mass is 10.0. The van der Waals surface area contributed by atoms with Gasteiger partial charge in [-0.25, -0.2) is 0 Å². The number of carbonyl (C=O) groups is 7. The van der Waals surface area contributed by atoms with Gasteiger partial charge in [-0.05, 0) is 253 Å². The van der Waals surface area contributed by atoms with E-state index < -0.39 is 0 Å². The zero-order valence-electron chi connectivity index (χ0n) is 74.0. The van der Waals surface area contributed by atoms with E-state index in [1.54, 1.807) is 18.2 Å². The van der Waals surface area contributed by atoms with Crippen LogP contribution in [0.3, 0.4) is 0 Å². The molecule has 1 rings (SSSR count). The van der Waals surface area contributed by atoms with Crippen molar-refractivity contribution in [2.45, 2.75) is 414 Å². The number of ether oxygens (including phenoxy) is 4. The molecule has 0 aliphatic carbocycles. The van der Waals surface area contributed by atoms with Crippen LogP contribution in [0.4, 0.5) is 0 Å². The predicted molar refractivity (Wildman–Crippen MR) is 462 cm³/mol. The average Bonchev–Trinajstić information content (AvgIpc) is 0.817. The maximum absolute atomic E-state index is 14.8. The van der Waals surface area contributed by atoms with Crippen molar-refractivity contribution in [3.05, 3.63) is 34.9 Å². The summed E-state index contributed by atoms with van der Waals surface area (Å²) in [6.07, 6.45) is 51.4. The van der Waals surface area contributed by atoms with Crippen LogP contribution >= 0.6 is 0 Å². The van der Waals surface area contributed by atoms with Gasteiger partial charge >= 0.3 is 23.9 Å². The van der Waals surface area contributed by atoms with E-state index in [1.807, 2.05) is 33.1 Å². The van der Waals surface area contributed by atoms with Gasteiger partial charge in [0.2, 0.25) is 0 Å². The Hall–Kier alpha value is -4.65. The molecule has 4 unspecified atom stereocenters. The number of carbonyl (C=O) groups excluding carboxylic acids is 7. The number of benzene rings is 1. The molecule has 0 saturated carbocycles. The van der Waals surface area contributed by atoms with Crippen molar-refractivity contribution in [2.24, 2.45) is 0 Å². The van der Waals surface area contributed by atoms with Crippen LogP contribution in [0.15, 0.2) is 18.2 Å². The van der Waals surface area contributed by atoms with Crippen LogP contribution in [0.25, 0.3) is 0 Å². The smallest absolute Gasteiger partial charge is 0.306 e. The molecular weight excluding hydrogens is 1390 g/mol. The van der Waals surface area contributed by atoms with Gasteiger partial charge in [0.15, 0.2) is 0 Å². The van der Waals surface area contributed by atoms with E-state index >= 15 is 0 Å². The predicted octanol–water partition coefficient (Wildman–Crippen LogP) is 21.4. The summed E-state index contributed by atoms with van der Waals surface area (Å²) in [5.41, 5.74) is 0.931. The fraction of sp³-hybridized carbons (Fsp3) is 0.860. The lowest BCUT2D eigenvalue weighted by Gasteiger charge is -2.25. The molecule has 1 aromatic rings. The highest BCUT2D eigenvalue weighted by atomic mass is 16.6. The molecule has 3 amide bonds. The third kappa shape index (κ3) is 59.6. The molecule has 111 heavy (non-hydrogen) atoms. The lowest BCUT2D eigenvalue weighted by molar-refractivity contribution is -0.150. The van der Waals surface area contributed by atoms with E-state index in [1.165, 1.54) is 25.7 Å². The van der Waals surface area contributed by atoms with Crippen molar-refractivity contribution in [3.8, 4) is 0 Å². The number of amides is 3.